The standard InChI is InChI=1S/C12H10BrN3O2S/c13-9-5-10(14-6-9)12(18)16-15-11(17)2-1-8-3-4-19-7-8/h1-7,14H,(H,15,17)(H,16,18). The number of hydrogen-bond acceptors (Lipinski definition) is 3. The third kappa shape index (κ3) is 4.08. The number of aromatic nitrogens is 1. The fourth-order valence-corrected chi connectivity index (χ4v) is 2.24. The fourth-order valence-electron chi connectivity index (χ4n) is 1.27. The van der Waals surface area contributed by atoms with Gasteiger partial charge in [0.05, 0.1) is 0 Å². The number of amides is 2. The minimum Gasteiger partial charge on any atom is -0.356 e. The number of rotatable bonds is 3. The largest absolute Gasteiger partial charge is 0.356 e. The molecule has 0 atom stereocenters. The van der Waals surface area contributed by atoms with E-state index in [1.165, 1.54) is 6.08 Å². The van der Waals surface area contributed by atoms with Gasteiger partial charge in [-0.25, -0.2) is 0 Å². The Balaban J connectivity index is 1.82. The van der Waals surface area contributed by atoms with Gasteiger partial charge in [-0.15, -0.1) is 0 Å². The Morgan fingerprint density at radius 2 is 2.21 bits per heavy atom. The smallest absolute Gasteiger partial charge is 0.286 e. The van der Waals surface area contributed by atoms with E-state index in [2.05, 4.69) is 31.8 Å². The molecule has 5 nitrogen and oxygen atoms in total. The summed E-state index contributed by atoms with van der Waals surface area (Å²) in [6.45, 7) is 0. The molecule has 0 fully saturated rings. The van der Waals surface area contributed by atoms with Crippen molar-refractivity contribution in [3.8, 4) is 0 Å². The molecule has 2 aromatic rings. The predicted octanol–water partition coefficient (Wildman–Crippen LogP) is 2.31. The second-order valence-electron chi connectivity index (χ2n) is 3.56. The van der Waals surface area contributed by atoms with Gasteiger partial charge < -0.3 is 4.98 Å². The Kier molecular flexibility index (Phi) is 4.53. The molecule has 0 aliphatic carbocycles. The molecule has 0 saturated carbocycles. The van der Waals surface area contributed by atoms with Crippen LogP contribution in [0.1, 0.15) is 16.1 Å². The first-order valence-electron chi connectivity index (χ1n) is 5.29. The second kappa shape index (κ2) is 6.35. The monoisotopic (exact) mass is 339 g/mol. The molecule has 0 saturated heterocycles. The first kappa shape index (κ1) is 13.6. The molecule has 3 N–H and O–H groups in total. The normalized spacial score (nSPS) is 10.6. The lowest BCUT2D eigenvalue weighted by Gasteiger charge is -2.02. The van der Waals surface area contributed by atoms with Crippen LogP contribution in [-0.4, -0.2) is 16.8 Å². The van der Waals surface area contributed by atoms with Crippen LogP contribution >= 0.6 is 27.3 Å². The molecule has 0 bridgehead atoms. The maximum atomic E-state index is 11.6. The highest BCUT2D eigenvalue weighted by atomic mass is 79.9. The summed E-state index contributed by atoms with van der Waals surface area (Å²) in [4.78, 5) is 25.8. The van der Waals surface area contributed by atoms with Crippen molar-refractivity contribution in [1.82, 2.24) is 15.8 Å². The van der Waals surface area contributed by atoms with Crippen molar-refractivity contribution >= 4 is 45.2 Å². The topological polar surface area (TPSA) is 74.0 Å². The van der Waals surface area contributed by atoms with E-state index in [0.717, 1.165) is 10.0 Å². The average molecular weight is 340 g/mol. The SMILES string of the molecule is O=C(C=Cc1ccsc1)NNC(=O)c1cc(Br)c[nH]1. The Morgan fingerprint density at radius 3 is 2.84 bits per heavy atom. The van der Waals surface area contributed by atoms with E-state index in [9.17, 15) is 9.59 Å². The number of thiophene rings is 1. The maximum absolute atomic E-state index is 11.6. The molecule has 98 valence electrons. The summed E-state index contributed by atoms with van der Waals surface area (Å²) < 4.78 is 0.765. The van der Waals surface area contributed by atoms with Crippen LogP contribution in [0.5, 0.6) is 0 Å². The van der Waals surface area contributed by atoms with E-state index in [-0.39, 0.29) is 0 Å². The summed E-state index contributed by atoms with van der Waals surface area (Å²) in [5.74, 6) is -0.812. The summed E-state index contributed by atoms with van der Waals surface area (Å²) in [5, 5.41) is 3.83. The van der Waals surface area contributed by atoms with Crippen LogP contribution in [0.3, 0.4) is 0 Å². The number of nitrogens with one attached hydrogen (secondary N) is 3. The van der Waals surface area contributed by atoms with Crippen LogP contribution in [0.15, 0.2) is 39.6 Å². The summed E-state index contributed by atoms with van der Waals surface area (Å²) in [5.41, 5.74) is 5.90. The summed E-state index contributed by atoms with van der Waals surface area (Å²) in [7, 11) is 0. The molecule has 0 spiro atoms. The quantitative estimate of drug-likeness (QED) is 0.593. The Hall–Kier alpha value is -1.86. The maximum Gasteiger partial charge on any atom is 0.286 e. The van der Waals surface area contributed by atoms with Crippen LogP contribution in [0.4, 0.5) is 0 Å². The molecule has 2 heterocycles. The number of H-pyrrole nitrogens is 1. The van der Waals surface area contributed by atoms with Crippen molar-refractivity contribution < 1.29 is 9.59 Å². The minimum atomic E-state index is -0.414. The Morgan fingerprint density at radius 1 is 1.37 bits per heavy atom. The van der Waals surface area contributed by atoms with Gasteiger partial charge in [0, 0.05) is 16.7 Å². The van der Waals surface area contributed by atoms with Gasteiger partial charge in [0.2, 0.25) is 0 Å². The number of carbonyl (C=O) groups is 2. The van der Waals surface area contributed by atoms with Crippen LogP contribution < -0.4 is 10.9 Å². The van der Waals surface area contributed by atoms with E-state index in [1.54, 1.807) is 29.7 Å². The van der Waals surface area contributed by atoms with E-state index >= 15 is 0 Å². The van der Waals surface area contributed by atoms with Gasteiger partial charge in [0.15, 0.2) is 0 Å². The van der Waals surface area contributed by atoms with Crippen molar-refractivity contribution in [3.05, 3.63) is 50.9 Å². The zero-order chi connectivity index (χ0) is 13.7. The summed E-state index contributed by atoms with van der Waals surface area (Å²) >= 11 is 4.77. The first-order valence-corrected chi connectivity index (χ1v) is 7.03. The summed E-state index contributed by atoms with van der Waals surface area (Å²) in [6, 6.07) is 3.51. The molecular weight excluding hydrogens is 330 g/mol. The van der Waals surface area contributed by atoms with Crippen LogP contribution in [0.25, 0.3) is 6.08 Å². The van der Waals surface area contributed by atoms with Gasteiger partial charge in [0.1, 0.15) is 5.69 Å². The Labute approximate surface area is 121 Å². The van der Waals surface area contributed by atoms with Crippen molar-refractivity contribution in [2.45, 2.75) is 0 Å². The third-order valence-corrected chi connectivity index (χ3v) is 3.32. The van der Waals surface area contributed by atoms with Crippen LogP contribution in [-0.2, 0) is 4.79 Å². The molecular formula is C12H10BrN3O2S. The first-order chi connectivity index (χ1) is 9.15. The van der Waals surface area contributed by atoms with E-state index < -0.39 is 11.8 Å². The lowest BCUT2D eigenvalue weighted by atomic mass is 10.3. The van der Waals surface area contributed by atoms with Gasteiger partial charge in [-0.3, -0.25) is 20.4 Å². The van der Waals surface area contributed by atoms with Gasteiger partial charge in [-0.05, 0) is 50.5 Å². The second-order valence-corrected chi connectivity index (χ2v) is 5.26. The van der Waals surface area contributed by atoms with Crippen molar-refractivity contribution in [3.63, 3.8) is 0 Å². The molecule has 0 unspecified atom stereocenters. The highest BCUT2D eigenvalue weighted by Gasteiger charge is 2.07. The fraction of sp³-hybridized carbons (Fsp3) is 0. The van der Waals surface area contributed by atoms with Crippen LogP contribution in [0, 0.1) is 0 Å². The lowest BCUT2D eigenvalue weighted by Crippen LogP contribution is -2.40. The molecule has 0 aromatic carbocycles. The Bertz CT molecular complexity index is 604. The van der Waals surface area contributed by atoms with Gasteiger partial charge in [0.25, 0.3) is 11.8 Å². The minimum absolute atomic E-state index is 0.356. The zero-order valence-electron chi connectivity index (χ0n) is 9.64. The molecule has 2 amide bonds. The van der Waals surface area contributed by atoms with Crippen molar-refractivity contribution in [2.75, 3.05) is 0 Å². The number of carbonyl (C=O) groups excluding carboxylic acids is 2. The summed E-state index contributed by atoms with van der Waals surface area (Å²) in [6.07, 6.45) is 4.66. The van der Waals surface area contributed by atoms with Gasteiger partial charge in [-0.1, -0.05) is 0 Å². The molecule has 19 heavy (non-hydrogen) atoms. The molecule has 0 aliphatic rings. The predicted molar refractivity (Wildman–Crippen MR) is 77.5 cm³/mol. The van der Waals surface area contributed by atoms with Crippen molar-refractivity contribution in [1.29, 1.82) is 0 Å². The van der Waals surface area contributed by atoms with E-state index in [4.69, 9.17) is 0 Å². The third-order valence-electron chi connectivity index (χ3n) is 2.16. The number of halogens is 1. The number of hydrogen-bond donors (Lipinski definition) is 3. The van der Waals surface area contributed by atoms with E-state index in [0.29, 0.717) is 5.69 Å². The zero-order valence-corrected chi connectivity index (χ0v) is 12.0. The van der Waals surface area contributed by atoms with Crippen molar-refractivity contribution in [2.24, 2.45) is 0 Å². The van der Waals surface area contributed by atoms with Gasteiger partial charge in [-0.2, -0.15) is 11.3 Å². The molecule has 2 aromatic heterocycles. The number of aromatic amines is 1. The molecule has 7 heteroatoms. The van der Waals surface area contributed by atoms with Gasteiger partial charge >= 0.3 is 0 Å². The highest BCUT2D eigenvalue weighted by Crippen LogP contribution is 2.10. The average Bonchev–Trinajstić information content (AvgIpc) is 3.04. The van der Waals surface area contributed by atoms with E-state index in [1.807, 2.05) is 16.8 Å². The van der Waals surface area contributed by atoms with Crippen LogP contribution in [0.2, 0.25) is 0 Å². The highest BCUT2D eigenvalue weighted by molar-refractivity contribution is 9.10. The number of hydrazine groups is 1. The molecule has 2 rings (SSSR count). The molecule has 0 radical (unpaired) electrons. The molecule has 0 aliphatic heterocycles. The lowest BCUT2D eigenvalue weighted by molar-refractivity contribution is -0.117.